The van der Waals surface area contributed by atoms with Gasteiger partial charge in [0.15, 0.2) is 5.78 Å². The number of ether oxygens (including phenoxy) is 3. The molecule has 0 saturated heterocycles. The van der Waals surface area contributed by atoms with E-state index in [0.29, 0.717) is 22.6 Å². The maximum atomic E-state index is 12.1. The molecule has 0 radical (unpaired) electrons. The summed E-state index contributed by atoms with van der Waals surface area (Å²) in [4.78, 5) is 12.1. The summed E-state index contributed by atoms with van der Waals surface area (Å²) in [6.07, 6.45) is 1.26. The summed E-state index contributed by atoms with van der Waals surface area (Å²) in [6, 6.07) is 12.8. The molecule has 0 aliphatic heterocycles. The summed E-state index contributed by atoms with van der Waals surface area (Å²) in [5.74, 6) is 1.55. The molecule has 2 aromatic rings. The molecule has 0 aliphatic rings. The molecule has 0 N–H and O–H groups in total. The minimum Gasteiger partial charge on any atom is -0.497 e. The lowest BCUT2D eigenvalue weighted by molar-refractivity contribution is 0.104. The minimum atomic E-state index is -0.217. The van der Waals surface area contributed by atoms with Crippen molar-refractivity contribution in [2.45, 2.75) is 6.61 Å². The van der Waals surface area contributed by atoms with E-state index in [4.69, 9.17) is 14.2 Å². The maximum Gasteiger partial charge on any atom is 0.189 e. The van der Waals surface area contributed by atoms with Crippen LogP contribution in [-0.4, -0.2) is 20.0 Å². The molecule has 2 rings (SSSR count). The minimum absolute atomic E-state index is 0.217. The molecule has 0 spiro atoms. The SMILES string of the molecule is C=CC(=O)c1c(COc2ccccc2)cc(OC)cc1OC. The van der Waals surface area contributed by atoms with Crippen LogP contribution in [0.5, 0.6) is 17.2 Å². The number of hydrogen-bond acceptors (Lipinski definition) is 4. The van der Waals surface area contributed by atoms with Crippen LogP contribution in [0.4, 0.5) is 0 Å². The number of rotatable bonds is 7. The zero-order valence-corrected chi connectivity index (χ0v) is 12.7. The first kappa shape index (κ1) is 15.6. The zero-order valence-electron chi connectivity index (χ0n) is 12.7. The first-order valence-corrected chi connectivity index (χ1v) is 6.79. The molecule has 114 valence electrons. The predicted octanol–water partition coefficient (Wildman–Crippen LogP) is 3.65. The fourth-order valence-corrected chi connectivity index (χ4v) is 2.10. The number of allylic oxidation sites excluding steroid dienone is 1. The van der Waals surface area contributed by atoms with Crippen LogP contribution in [0, 0.1) is 0 Å². The Morgan fingerprint density at radius 2 is 1.82 bits per heavy atom. The van der Waals surface area contributed by atoms with Gasteiger partial charge in [-0.1, -0.05) is 24.8 Å². The Hall–Kier alpha value is -2.75. The van der Waals surface area contributed by atoms with Crippen LogP contribution in [0.2, 0.25) is 0 Å². The number of methoxy groups -OCH3 is 2. The standard InChI is InChI=1S/C18H18O4/c1-4-16(19)18-13(10-15(20-2)11-17(18)21-3)12-22-14-8-6-5-7-9-14/h4-11H,1,12H2,2-3H3. The van der Waals surface area contributed by atoms with Crippen molar-refractivity contribution < 1.29 is 19.0 Å². The van der Waals surface area contributed by atoms with Gasteiger partial charge in [0.1, 0.15) is 23.9 Å². The Morgan fingerprint density at radius 1 is 1.09 bits per heavy atom. The van der Waals surface area contributed by atoms with E-state index in [1.165, 1.54) is 13.2 Å². The van der Waals surface area contributed by atoms with Crippen molar-refractivity contribution in [3.63, 3.8) is 0 Å². The molecule has 0 aromatic heterocycles. The molecule has 0 aliphatic carbocycles. The third kappa shape index (κ3) is 3.47. The number of carbonyl (C=O) groups is 1. The molecular formula is C18H18O4. The average molecular weight is 298 g/mol. The molecule has 0 fully saturated rings. The second-order valence-electron chi connectivity index (χ2n) is 4.53. The van der Waals surface area contributed by atoms with E-state index in [9.17, 15) is 4.79 Å². The number of ketones is 1. The number of benzene rings is 2. The van der Waals surface area contributed by atoms with Gasteiger partial charge in [-0.3, -0.25) is 4.79 Å². The molecule has 0 heterocycles. The zero-order chi connectivity index (χ0) is 15.9. The van der Waals surface area contributed by atoms with Crippen molar-refractivity contribution >= 4 is 5.78 Å². The topological polar surface area (TPSA) is 44.8 Å². The molecule has 0 saturated carbocycles. The van der Waals surface area contributed by atoms with Gasteiger partial charge in [-0.25, -0.2) is 0 Å². The van der Waals surface area contributed by atoms with Crippen LogP contribution in [0.15, 0.2) is 55.1 Å². The fraction of sp³-hybridized carbons (Fsp3) is 0.167. The Morgan fingerprint density at radius 3 is 2.41 bits per heavy atom. The van der Waals surface area contributed by atoms with Crippen molar-refractivity contribution in [3.8, 4) is 17.2 Å². The first-order chi connectivity index (χ1) is 10.7. The lowest BCUT2D eigenvalue weighted by atomic mass is 10.0. The maximum absolute atomic E-state index is 12.1. The molecular weight excluding hydrogens is 280 g/mol. The quantitative estimate of drug-likeness (QED) is 0.578. The van der Waals surface area contributed by atoms with Crippen molar-refractivity contribution in [1.29, 1.82) is 0 Å². The van der Waals surface area contributed by atoms with Crippen molar-refractivity contribution in [1.82, 2.24) is 0 Å². The van der Waals surface area contributed by atoms with E-state index in [1.54, 1.807) is 19.2 Å². The van der Waals surface area contributed by atoms with Gasteiger partial charge in [-0.05, 0) is 24.3 Å². The normalized spacial score (nSPS) is 9.91. The largest absolute Gasteiger partial charge is 0.497 e. The van der Waals surface area contributed by atoms with E-state index in [2.05, 4.69) is 6.58 Å². The predicted molar refractivity (Wildman–Crippen MR) is 84.8 cm³/mol. The Bertz CT molecular complexity index is 662. The molecule has 0 atom stereocenters. The van der Waals surface area contributed by atoms with Crippen LogP contribution in [-0.2, 0) is 6.61 Å². The first-order valence-electron chi connectivity index (χ1n) is 6.79. The third-order valence-electron chi connectivity index (χ3n) is 3.18. The molecule has 0 bridgehead atoms. The summed E-state index contributed by atoms with van der Waals surface area (Å²) < 4.78 is 16.3. The van der Waals surface area contributed by atoms with Crippen LogP contribution < -0.4 is 14.2 Å². The van der Waals surface area contributed by atoms with Gasteiger partial charge < -0.3 is 14.2 Å². The van der Waals surface area contributed by atoms with Crippen LogP contribution in [0.3, 0.4) is 0 Å². The lowest BCUT2D eigenvalue weighted by Gasteiger charge is -2.15. The molecule has 22 heavy (non-hydrogen) atoms. The highest BCUT2D eigenvalue weighted by molar-refractivity contribution is 6.07. The Labute approximate surface area is 129 Å². The van der Waals surface area contributed by atoms with E-state index in [1.807, 2.05) is 30.3 Å². The summed E-state index contributed by atoms with van der Waals surface area (Å²) in [7, 11) is 3.07. The summed E-state index contributed by atoms with van der Waals surface area (Å²) >= 11 is 0. The third-order valence-corrected chi connectivity index (χ3v) is 3.18. The second kappa shape index (κ2) is 7.31. The molecule has 2 aromatic carbocycles. The summed E-state index contributed by atoms with van der Waals surface area (Å²) in [5, 5.41) is 0. The Kier molecular flexibility index (Phi) is 5.20. The van der Waals surface area contributed by atoms with Gasteiger partial charge in [-0.15, -0.1) is 0 Å². The molecule has 0 amide bonds. The smallest absolute Gasteiger partial charge is 0.189 e. The Balaban J connectivity index is 2.38. The van der Waals surface area contributed by atoms with Gasteiger partial charge >= 0.3 is 0 Å². The van der Waals surface area contributed by atoms with Crippen molar-refractivity contribution in [2.24, 2.45) is 0 Å². The van der Waals surface area contributed by atoms with Crippen LogP contribution in [0.1, 0.15) is 15.9 Å². The second-order valence-corrected chi connectivity index (χ2v) is 4.53. The van der Waals surface area contributed by atoms with Gasteiger partial charge in [0.05, 0.1) is 19.8 Å². The average Bonchev–Trinajstić information content (AvgIpc) is 2.59. The molecule has 4 nitrogen and oxygen atoms in total. The van der Waals surface area contributed by atoms with E-state index < -0.39 is 0 Å². The van der Waals surface area contributed by atoms with Crippen LogP contribution >= 0.6 is 0 Å². The molecule has 0 unspecified atom stereocenters. The van der Waals surface area contributed by atoms with Gasteiger partial charge in [0, 0.05) is 11.6 Å². The lowest BCUT2D eigenvalue weighted by Crippen LogP contribution is -2.07. The van der Waals surface area contributed by atoms with Crippen molar-refractivity contribution in [2.75, 3.05) is 14.2 Å². The van der Waals surface area contributed by atoms with Crippen LogP contribution in [0.25, 0.3) is 0 Å². The monoisotopic (exact) mass is 298 g/mol. The van der Waals surface area contributed by atoms with E-state index in [0.717, 1.165) is 5.75 Å². The van der Waals surface area contributed by atoms with Gasteiger partial charge in [0.25, 0.3) is 0 Å². The van der Waals surface area contributed by atoms with Crippen molar-refractivity contribution in [3.05, 3.63) is 66.2 Å². The van der Waals surface area contributed by atoms with E-state index >= 15 is 0 Å². The highest BCUT2D eigenvalue weighted by Gasteiger charge is 2.17. The summed E-state index contributed by atoms with van der Waals surface area (Å²) in [6.45, 7) is 3.77. The van der Waals surface area contributed by atoms with Gasteiger partial charge in [0.2, 0.25) is 0 Å². The summed E-state index contributed by atoms with van der Waals surface area (Å²) in [5.41, 5.74) is 1.12. The molecule has 4 heteroatoms. The number of hydrogen-bond donors (Lipinski definition) is 0. The highest BCUT2D eigenvalue weighted by Crippen LogP contribution is 2.30. The number of para-hydroxylation sites is 1. The fourth-order valence-electron chi connectivity index (χ4n) is 2.10. The van der Waals surface area contributed by atoms with Gasteiger partial charge in [-0.2, -0.15) is 0 Å². The highest BCUT2D eigenvalue weighted by atomic mass is 16.5. The van der Waals surface area contributed by atoms with E-state index in [-0.39, 0.29) is 12.4 Å². The number of carbonyl (C=O) groups excluding carboxylic acids is 1.